The van der Waals surface area contributed by atoms with E-state index in [2.05, 4.69) is 55.8 Å². The number of hydrogen-bond acceptors (Lipinski definition) is 4. The van der Waals surface area contributed by atoms with Crippen molar-refractivity contribution in [2.75, 3.05) is 53.5 Å². The standard InChI is InChI=1S/C22H37N5O/c1-23-22(25-20-10-13-26(14-11-20)15-16-28-2)24-17-21-9-6-12-27(21)18-19-7-4-3-5-8-19/h3-5,7-8,20-21H,6,9-18H2,1-2H3,(H2,23,24,25). The summed E-state index contributed by atoms with van der Waals surface area (Å²) in [4.78, 5) is 9.55. The summed E-state index contributed by atoms with van der Waals surface area (Å²) in [5.41, 5.74) is 1.40. The molecular formula is C22H37N5O. The fourth-order valence-corrected chi connectivity index (χ4v) is 4.28. The molecule has 3 rings (SSSR count). The van der Waals surface area contributed by atoms with Gasteiger partial charge in [-0.25, -0.2) is 0 Å². The van der Waals surface area contributed by atoms with Crippen LogP contribution in [0.1, 0.15) is 31.2 Å². The van der Waals surface area contributed by atoms with Crippen molar-refractivity contribution < 1.29 is 4.74 Å². The monoisotopic (exact) mass is 387 g/mol. The minimum Gasteiger partial charge on any atom is -0.383 e. The van der Waals surface area contributed by atoms with Gasteiger partial charge in [-0.15, -0.1) is 0 Å². The second-order valence-corrected chi connectivity index (χ2v) is 7.96. The Hall–Kier alpha value is -1.63. The van der Waals surface area contributed by atoms with Crippen LogP contribution in [-0.2, 0) is 11.3 Å². The van der Waals surface area contributed by atoms with Gasteiger partial charge in [0.2, 0.25) is 0 Å². The van der Waals surface area contributed by atoms with Gasteiger partial charge in [0.1, 0.15) is 0 Å². The van der Waals surface area contributed by atoms with Crippen molar-refractivity contribution in [3.8, 4) is 0 Å². The molecule has 2 aliphatic rings. The zero-order valence-electron chi connectivity index (χ0n) is 17.6. The maximum Gasteiger partial charge on any atom is 0.191 e. The molecule has 1 unspecified atom stereocenters. The fraction of sp³-hybridized carbons (Fsp3) is 0.682. The number of nitrogens with one attached hydrogen (secondary N) is 2. The molecule has 0 radical (unpaired) electrons. The van der Waals surface area contributed by atoms with Crippen LogP contribution in [0.15, 0.2) is 35.3 Å². The highest BCUT2D eigenvalue weighted by Gasteiger charge is 2.25. The van der Waals surface area contributed by atoms with Crippen LogP contribution >= 0.6 is 0 Å². The van der Waals surface area contributed by atoms with Crippen LogP contribution in [0.4, 0.5) is 0 Å². The Balaban J connectivity index is 1.40. The van der Waals surface area contributed by atoms with E-state index >= 15 is 0 Å². The summed E-state index contributed by atoms with van der Waals surface area (Å²) in [7, 11) is 3.65. The molecular weight excluding hydrogens is 350 g/mol. The molecule has 0 amide bonds. The van der Waals surface area contributed by atoms with Crippen LogP contribution < -0.4 is 10.6 Å². The van der Waals surface area contributed by atoms with Gasteiger partial charge in [-0.3, -0.25) is 9.89 Å². The van der Waals surface area contributed by atoms with Gasteiger partial charge in [-0.1, -0.05) is 30.3 Å². The summed E-state index contributed by atoms with van der Waals surface area (Å²) in [5, 5.41) is 7.22. The number of benzene rings is 1. The molecule has 2 N–H and O–H groups in total. The molecule has 0 bridgehead atoms. The molecule has 156 valence electrons. The molecule has 6 nitrogen and oxygen atoms in total. The highest BCUT2D eigenvalue weighted by atomic mass is 16.5. The van der Waals surface area contributed by atoms with E-state index in [1.165, 1.54) is 24.9 Å². The van der Waals surface area contributed by atoms with E-state index in [1.54, 1.807) is 7.11 Å². The predicted molar refractivity (Wildman–Crippen MR) is 116 cm³/mol. The van der Waals surface area contributed by atoms with Crippen molar-refractivity contribution in [2.24, 2.45) is 4.99 Å². The minimum atomic E-state index is 0.508. The summed E-state index contributed by atoms with van der Waals surface area (Å²) in [5.74, 6) is 0.946. The number of nitrogens with zero attached hydrogens (tertiary/aromatic N) is 3. The summed E-state index contributed by atoms with van der Waals surface area (Å²) >= 11 is 0. The molecule has 2 saturated heterocycles. The quantitative estimate of drug-likeness (QED) is 0.527. The van der Waals surface area contributed by atoms with E-state index < -0.39 is 0 Å². The lowest BCUT2D eigenvalue weighted by atomic mass is 10.1. The van der Waals surface area contributed by atoms with Crippen LogP contribution in [0.25, 0.3) is 0 Å². The van der Waals surface area contributed by atoms with Gasteiger partial charge in [0.05, 0.1) is 6.61 Å². The van der Waals surface area contributed by atoms with Crippen molar-refractivity contribution in [3.63, 3.8) is 0 Å². The zero-order chi connectivity index (χ0) is 19.6. The van der Waals surface area contributed by atoms with Crippen LogP contribution in [0.3, 0.4) is 0 Å². The topological polar surface area (TPSA) is 52.1 Å². The normalized spacial score (nSPS) is 22.5. The zero-order valence-corrected chi connectivity index (χ0v) is 17.6. The fourth-order valence-electron chi connectivity index (χ4n) is 4.28. The number of guanidine groups is 1. The Morgan fingerprint density at radius 2 is 1.93 bits per heavy atom. The molecule has 1 aromatic rings. The van der Waals surface area contributed by atoms with Crippen molar-refractivity contribution in [1.29, 1.82) is 0 Å². The Morgan fingerprint density at radius 3 is 2.64 bits per heavy atom. The minimum absolute atomic E-state index is 0.508. The van der Waals surface area contributed by atoms with Gasteiger partial charge in [0.15, 0.2) is 5.96 Å². The molecule has 0 saturated carbocycles. The SMILES string of the molecule is CN=C(NCC1CCCN1Cc1ccccc1)NC1CCN(CCOC)CC1. The Bertz CT molecular complexity index is 586. The molecule has 0 aromatic heterocycles. The molecule has 0 aliphatic carbocycles. The Morgan fingerprint density at radius 1 is 1.14 bits per heavy atom. The number of aliphatic imine (C=N–C) groups is 1. The second-order valence-electron chi connectivity index (χ2n) is 7.96. The maximum atomic E-state index is 5.19. The molecule has 2 fully saturated rings. The largest absolute Gasteiger partial charge is 0.383 e. The van der Waals surface area contributed by atoms with Gasteiger partial charge in [0, 0.05) is 59.0 Å². The lowest BCUT2D eigenvalue weighted by molar-refractivity contribution is 0.128. The third kappa shape index (κ3) is 6.47. The lowest BCUT2D eigenvalue weighted by Crippen LogP contribution is -2.51. The molecule has 0 spiro atoms. The molecule has 6 heteroatoms. The van der Waals surface area contributed by atoms with Crippen LogP contribution in [0.2, 0.25) is 0 Å². The van der Waals surface area contributed by atoms with E-state index in [4.69, 9.17) is 4.74 Å². The van der Waals surface area contributed by atoms with E-state index in [0.29, 0.717) is 12.1 Å². The first-order valence-electron chi connectivity index (χ1n) is 10.7. The van der Waals surface area contributed by atoms with Crippen molar-refractivity contribution in [2.45, 2.75) is 44.3 Å². The van der Waals surface area contributed by atoms with E-state index in [1.807, 2.05) is 7.05 Å². The Kier molecular flexibility index (Phi) is 8.58. The van der Waals surface area contributed by atoms with Crippen LogP contribution in [0, 0.1) is 0 Å². The highest BCUT2D eigenvalue weighted by Crippen LogP contribution is 2.19. The van der Waals surface area contributed by atoms with Gasteiger partial charge < -0.3 is 20.3 Å². The first kappa shape index (κ1) is 21.1. The number of likely N-dealkylation sites (tertiary alicyclic amines) is 2. The highest BCUT2D eigenvalue weighted by molar-refractivity contribution is 5.80. The number of methoxy groups -OCH3 is 1. The molecule has 2 aliphatic heterocycles. The summed E-state index contributed by atoms with van der Waals surface area (Å²) in [6.45, 7) is 7.31. The average molecular weight is 388 g/mol. The maximum absolute atomic E-state index is 5.19. The molecule has 28 heavy (non-hydrogen) atoms. The molecule has 2 heterocycles. The summed E-state index contributed by atoms with van der Waals surface area (Å²) < 4.78 is 5.19. The predicted octanol–water partition coefficient (Wildman–Crippen LogP) is 1.93. The first-order chi connectivity index (χ1) is 13.8. The number of rotatable bonds is 8. The van der Waals surface area contributed by atoms with Crippen molar-refractivity contribution in [3.05, 3.63) is 35.9 Å². The van der Waals surface area contributed by atoms with E-state index in [9.17, 15) is 0 Å². The smallest absolute Gasteiger partial charge is 0.191 e. The first-order valence-corrected chi connectivity index (χ1v) is 10.7. The lowest BCUT2D eigenvalue weighted by Gasteiger charge is -2.33. The van der Waals surface area contributed by atoms with Crippen LogP contribution in [-0.4, -0.2) is 81.3 Å². The summed E-state index contributed by atoms with van der Waals surface area (Å²) in [6, 6.07) is 11.9. The Labute approximate surface area is 170 Å². The van der Waals surface area contributed by atoms with Crippen LogP contribution in [0.5, 0.6) is 0 Å². The number of piperidine rings is 1. The third-order valence-corrected chi connectivity index (χ3v) is 6.00. The average Bonchev–Trinajstić information content (AvgIpc) is 3.18. The van der Waals surface area contributed by atoms with Gasteiger partial charge >= 0.3 is 0 Å². The van der Waals surface area contributed by atoms with E-state index in [0.717, 1.165) is 58.1 Å². The second kappa shape index (κ2) is 11.4. The van der Waals surface area contributed by atoms with Crippen molar-refractivity contribution in [1.82, 2.24) is 20.4 Å². The van der Waals surface area contributed by atoms with Gasteiger partial charge in [-0.2, -0.15) is 0 Å². The molecule has 1 atom stereocenters. The third-order valence-electron chi connectivity index (χ3n) is 6.00. The van der Waals surface area contributed by atoms with Crippen molar-refractivity contribution >= 4 is 5.96 Å². The summed E-state index contributed by atoms with van der Waals surface area (Å²) in [6.07, 6.45) is 4.86. The molecule has 1 aromatic carbocycles. The van der Waals surface area contributed by atoms with E-state index in [-0.39, 0.29) is 0 Å². The number of hydrogen-bond donors (Lipinski definition) is 2. The van der Waals surface area contributed by atoms with Gasteiger partial charge in [-0.05, 0) is 37.8 Å². The number of ether oxygens (including phenoxy) is 1. The van der Waals surface area contributed by atoms with Gasteiger partial charge in [0.25, 0.3) is 0 Å².